The fraction of sp³-hybridized carbons (Fsp3) is 0.217. The number of carbonyl (C=O) groups excluding carboxylic acids is 2. The van der Waals surface area contributed by atoms with Crippen LogP contribution >= 0.6 is 11.3 Å². The van der Waals surface area contributed by atoms with Gasteiger partial charge in [-0.05, 0) is 58.8 Å². The number of nitrogens with one attached hydrogen (secondary N) is 1. The van der Waals surface area contributed by atoms with E-state index in [0.717, 1.165) is 34.7 Å². The summed E-state index contributed by atoms with van der Waals surface area (Å²) >= 11 is 1.63. The van der Waals surface area contributed by atoms with Crippen LogP contribution in [0.25, 0.3) is 11.1 Å². The van der Waals surface area contributed by atoms with Gasteiger partial charge < -0.3 is 10.2 Å². The Morgan fingerprint density at radius 1 is 1.07 bits per heavy atom. The van der Waals surface area contributed by atoms with Crippen LogP contribution in [0.5, 0.6) is 0 Å². The second kappa shape index (κ2) is 7.98. The number of amides is 2. The highest BCUT2D eigenvalue weighted by atomic mass is 32.1. The average molecular weight is 391 g/mol. The molecule has 1 N–H and O–H groups in total. The summed E-state index contributed by atoms with van der Waals surface area (Å²) in [6.07, 6.45) is 1.41. The summed E-state index contributed by atoms with van der Waals surface area (Å²) in [6, 6.07) is 17.9. The van der Waals surface area contributed by atoms with Gasteiger partial charge in [-0.25, -0.2) is 0 Å². The molecule has 1 aliphatic rings. The number of hydrogen-bond acceptors (Lipinski definition) is 3. The van der Waals surface area contributed by atoms with Crippen LogP contribution in [0.1, 0.15) is 34.1 Å². The number of rotatable bonds is 5. The monoisotopic (exact) mass is 390 g/mol. The second-order valence-electron chi connectivity index (χ2n) is 6.83. The summed E-state index contributed by atoms with van der Waals surface area (Å²) in [6.45, 7) is 3.21. The van der Waals surface area contributed by atoms with Gasteiger partial charge in [-0.2, -0.15) is 0 Å². The molecule has 2 aromatic carbocycles. The predicted molar refractivity (Wildman–Crippen MR) is 114 cm³/mol. The molecule has 1 aromatic heterocycles. The van der Waals surface area contributed by atoms with Gasteiger partial charge in [0.2, 0.25) is 5.91 Å². The Hall–Kier alpha value is -2.92. The van der Waals surface area contributed by atoms with Gasteiger partial charge in [0, 0.05) is 29.1 Å². The number of benzene rings is 2. The van der Waals surface area contributed by atoms with Crippen molar-refractivity contribution in [3.8, 4) is 11.1 Å². The van der Waals surface area contributed by atoms with Gasteiger partial charge in [0.25, 0.3) is 5.91 Å². The van der Waals surface area contributed by atoms with E-state index in [1.807, 2.05) is 65.7 Å². The maximum absolute atomic E-state index is 12.3. The first-order valence-corrected chi connectivity index (χ1v) is 10.4. The van der Waals surface area contributed by atoms with Crippen LogP contribution in [0.15, 0.2) is 60.0 Å². The van der Waals surface area contributed by atoms with Crippen molar-refractivity contribution in [1.29, 1.82) is 0 Å². The molecule has 0 fully saturated rings. The molecule has 2 heterocycles. The molecule has 0 aliphatic carbocycles. The smallest absolute Gasteiger partial charge is 0.251 e. The Labute approximate surface area is 168 Å². The van der Waals surface area contributed by atoms with Crippen molar-refractivity contribution in [2.75, 3.05) is 11.4 Å². The zero-order valence-corrected chi connectivity index (χ0v) is 16.6. The Kier molecular flexibility index (Phi) is 5.26. The molecule has 0 saturated carbocycles. The van der Waals surface area contributed by atoms with E-state index in [1.165, 1.54) is 5.56 Å². The number of thiophene rings is 1. The molecule has 0 saturated heterocycles. The molecule has 28 heavy (non-hydrogen) atoms. The predicted octanol–water partition coefficient (Wildman–Crippen LogP) is 4.64. The molecule has 0 bridgehead atoms. The highest BCUT2D eigenvalue weighted by molar-refractivity contribution is 7.09. The van der Waals surface area contributed by atoms with Crippen molar-refractivity contribution in [2.45, 2.75) is 26.3 Å². The van der Waals surface area contributed by atoms with Crippen molar-refractivity contribution in [1.82, 2.24) is 5.32 Å². The third-order valence-electron chi connectivity index (χ3n) is 5.06. The van der Waals surface area contributed by atoms with Crippen LogP contribution in [0.4, 0.5) is 5.69 Å². The fourth-order valence-electron chi connectivity index (χ4n) is 3.53. The summed E-state index contributed by atoms with van der Waals surface area (Å²) in [5.74, 6) is 0.104. The number of nitrogens with zero attached hydrogens (tertiary/aromatic N) is 1. The van der Waals surface area contributed by atoms with Crippen LogP contribution in [0.2, 0.25) is 0 Å². The standard InChI is InChI=1S/C23H22N2O2S/c1-2-22(26)25-12-11-19-14-18(9-10-21(19)25)16-5-7-17(8-6-16)23(27)24-15-20-4-3-13-28-20/h3-10,13-14H,2,11-12,15H2,1H3,(H,24,27). The number of fused-ring (bicyclic) bond motifs is 1. The molecule has 142 valence electrons. The Bertz CT molecular complexity index is 994. The molecule has 0 unspecified atom stereocenters. The number of anilines is 1. The lowest BCUT2D eigenvalue weighted by molar-refractivity contribution is -0.118. The SMILES string of the molecule is CCC(=O)N1CCc2cc(-c3ccc(C(=O)NCc4cccs4)cc3)ccc21. The van der Waals surface area contributed by atoms with Crippen molar-refractivity contribution >= 4 is 28.8 Å². The summed E-state index contributed by atoms with van der Waals surface area (Å²) < 4.78 is 0. The van der Waals surface area contributed by atoms with Crippen LogP contribution in [-0.4, -0.2) is 18.4 Å². The van der Waals surface area contributed by atoms with Crippen molar-refractivity contribution in [3.63, 3.8) is 0 Å². The third-order valence-corrected chi connectivity index (χ3v) is 5.94. The first-order chi connectivity index (χ1) is 13.7. The van der Waals surface area contributed by atoms with E-state index in [9.17, 15) is 9.59 Å². The lowest BCUT2D eigenvalue weighted by atomic mass is 10.0. The molecule has 0 spiro atoms. The van der Waals surface area contributed by atoms with Crippen LogP contribution in [0, 0.1) is 0 Å². The molecule has 1 aliphatic heterocycles. The third kappa shape index (κ3) is 3.71. The minimum atomic E-state index is -0.0670. The summed E-state index contributed by atoms with van der Waals surface area (Å²) in [5, 5.41) is 4.95. The maximum Gasteiger partial charge on any atom is 0.251 e. The lowest BCUT2D eigenvalue weighted by Gasteiger charge is -2.16. The molecule has 4 nitrogen and oxygen atoms in total. The van der Waals surface area contributed by atoms with E-state index in [4.69, 9.17) is 0 Å². The molecular weight excluding hydrogens is 368 g/mol. The topological polar surface area (TPSA) is 49.4 Å². The van der Waals surface area contributed by atoms with E-state index in [1.54, 1.807) is 11.3 Å². The minimum Gasteiger partial charge on any atom is -0.347 e. The van der Waals surface area contributed by atoms with E-state index < -0.39 is 0 Å². The molecule has 0 radical (unpaired) electrons. The molecule has 2 amide bonds. The molecular formula is C23H22N2O2S. The lowest BCUT2D eigenvalue weighted by Crippen LogP contribution is -2.27. The van der Waals surface area contributed by atoms with Crippen LogP contribution in [0.3, 0.4) is 0 Å². The van der Waals surface area contributed by atoms with E-state index >= 15 is 0 Å². The highest BCUT2D eigenvalue weighted by Crippen LogP contribution is 2.32. The number of hydrogen-bond donors (Lipinski definition) is 1. The Morgan fingerprint density at radius 2 is 1.86 bits per heavy atom. The zero-order valence-electron chi connectivity index (χ0n) is 15.8. The van der Waals surface area contributed by atoms with Crippen molar-refractivity contribution < 1.29 is 9.59 Å². The van der Waals surface area contributed by atoms with Gasteiger partial charge in [-0.15, -0.1) is 11.3 Å². The summed E-state index contributed by atoms with van der Waals surface area (Å²) in [7, 11) is 0. The highest BCUT2D eigenvalue weighted by Gasteiger charge is 2.23. The minimum absolute atomic E-state index is 0.0670. The van der Waals surface area contributed by atoms with E-state index in [0.29, 0.717) is 18.5 Å². The van der Waals surface area contributed by atoms with Gasteiger partial charge in [0.05, 0.1) is 6.54 Å². The Morgan fingerprint density at radius 3 is 2.57 bits per heavy atom. The summed E-state index contributed by atoms with van der Waals surface area (Å²) in [5.41, 5.74) is 5.06. The maximum atomic E-state index is 12.3. The zero-order chi connectivity index (χ0) is 19.5. The molecule has 4 rings (SSSR count). The van der Waals surface area contributed by atoms with Gasteiger partial charge in [-0.1, -0.05) is 31.2 Å². The molecule has 0 atom stereocenters. The molecule has 5 heteroatoms. The van der Waals surface area contributed by atoms with Gasteiger partial charge in [-0.3, -0.25) is 9.59 Å². The normalized spacial score (nSPS) is 12.7. The quantitative estimate of drug-likeness (QED) is 0.690. The Balaban J connectivity index is 1.47. The largest absolute Gasteiger partial charge is 0.347 e. The fourth-order valence-corrected chi connectivity index (χ4v) is 4.17. The molecule has 3 aromatic rings. The first kappa shape index (κ1) is 18.4. The number of carbonyl (C=O) groups is 2. The van der Waals surface area contributed by atoms with Crippen molar-refractivity contribution in [3.05, 3.63) is 76.0 Å². The van der Waals surface area contributed by atoms with Crippen LogP contribution < -0.4 is 10.2 Å². The van der Waals surface area contributed by atoms with E-state index in [-0.39, 0.29) is 11.8 Å². The second-order valence-corrected chi connectivity index (χ2v) is 7.86. The average Bonchev–Trinajstić information content (AvgIpc) is 3.41. The van der Waals surface area contributed by atoms with Crippen molar-refractivity contribution in [2.24, 2.45) is 0 Å². The van der Waals surface area contributed by atoms with Gasteiger partial charge in [0.1, 0.15) is 0 Å². The first-order valence-electron chi connectivity index (χ1n) is 9.50. The van der Waals surface area contributed by atoms with Gasteiger partial charge in [0.15, 0.2) is 0 Å². The summed E-state index contributed by atoms with van der Waals surface area (Å²) in [4.78, 5) is 27.4. The van der Waals surface area contributed by atoms with Crippen LogP contribution in [-0.2, 0) is 17.8 Å². The van der Waals surface area contributed by atoms with Gasteiger partial charge >= 0.3 is 0 Å². The van der Waals surface area contributed by atoms with E-state index in [2.05, 4.69) is 11.4 Å².